The molecule has 1 aliphatic rings. The summed E-state index contributed by atoms with van der Waals surface area (Å²) in [5.74, 6) is 1.05. The minimum absolute atomic E-state index is 0.00438. The first kappa shape index (κ1) is 17.6. The highest BCUT2D eigenvalue weighted by atomic mass is 32.2. The Kier molecular flexibility index (Phi) is 4.91. The number of carbonyl (C=O) groups excluding carboxylic acids is 1. The van der Waals surface area contributed by atoms with Gasteiger partial charge in [-0.05, 0) is 29.8 Å². The Hall–Kier alpha value is -2.19. The Labute approximate surface area is 151 Å². The van der Waals surface area contributed by atoms with Crippen LogP contribution < -0.4 is 14.4 Å². The van der Waals surface area contributed by atoms with Gasteiger partial charge in [-0.3, -0.25) is 14.4 Å². The standard InChI is InChI=1S/C17H18N2O4S2/c1-23-15-8-4-7-14(10-15)19-16(20)11-24-17(19)12-5-3-6-13(9-12)18-25(2,21)22/h3-10,17-18H,11H2,1-2H3. The van der Waals surface area contributed by atoms with Crippen LogP contribution in [0.1, 0.15) is 10.9 Å². The molecule has 0 aromatic heterocycles. The average Bonchev–Trinajstić information content (AvgIpc) is 2.95. The van der Waals surface area contributed by atoms with Crippen molar-refractivity contribution in [1.82, 2.24) is 0 Å². The van der Waals surface area contributed by atoms with Crippen LogP contribution in [0.3, 0.4) is 0 Å². The van der Waals surface area contributed by atoms with Crippen LogP contribution in [-0.2, 0) is 14.8 Å². The van der Waals surface area contributed by atoms with Gasteiger partial charge in [-0.2, -0.15) is 0 Å². The van der Waals surface area contributed by atoms with E-state index in [1.54, 1.807) is 30.2 Å². The summed E-state index contributed by atoms with van der Waals surface area (Å²) in [6.45, 7) is 0. The number of hydrogen-bond acceptors (Lipinski definition) is 5. The van der Waals surface area contributed by atoms with E-state index in [0.717, 1.165) is 17.5 Å². The molecule has 1 heterocycles. The lowest BCUT2D eigenvalue weighted by molar-refractivity contribution is -0.115. The van der Waals surface area contributed by atoms with Crippen LogP contribution in [0.2, 0.25) is 0 Å². The summed E-state index contributed by atoms with van der Waals surface area (Å²) in [4.78, 5) is 14.1. The maximum atomic E-state index is 12.4. The molecule has 3 rings (SSSR count). The van der Waals surface area contributed by atoms with Gasteiger partial charge in [-0.15, -0.1) is 11.8 Å². The Morgan fingerprint density at radius 1 is 1.20 bits per heavy atom. The number of amides is 1. The zero-order valence-corrected chi connectivity index (χ0v) is 15.4. The van der Waals surface area contributed by atoms with Gasteiger partial charge in [0.1, 0.15) is 11.1 Å². The molecule has 0 radical (unpaired) electrons. The number of ether oxygens (including phenoxy) is 1. The van der Waals surface area contributed by atoms with Crippen molar-refractivity contribution in [1.29, 1.82) is 0 Å². The maximum Gasteiger partial charge on any atom is 0.238 e. The molecule has 1 aliphatic heterocycles. The smallest absolute Gasteiger partial charge is 0.238 e. The number of rotatable bonds is 5. The summed E-state index contributed by atoms with van der Waals surface area (Å²) in [6, 6.07) is 14.4. The topological polar surface area (TPSA) is 75.7 Å². The summed E-state index contributed by atoms with van der Waals surface area (Å²) in [7, 11) is -1.78. The zero-order chi connectivity index (χ0) is 18.0. The highest BCUT2D eigenvalue weighted by Crippen LogP contribution is 2.42. The molecule has 1 N–H and O–H groups in total. The second kappa shape index (κ2) is 6.97. The zero-order valence-electron chi connectivity index (χ0n) is 13.8. The Morgan fingerprint density at radius 3 is 2.68 bits per heavy atom. The maximum absolute atomic E-state index is 12.4. The number of thioether (sulfide) groups is 1. The van der Waals surface area contributed by atoms with E-state index in [4.69, 9.17) is 4.74 Å². The van der Waals surface area contributed by atoms with Crippen LogP contribution in [0, 0.1) is 0 Å². The van der Waals surface area contributed by atoms with E-state index < -0.39 is 10.0 Å². The van der Waals surface area contributed by atoms with E-state index in [-0.39, 0.29) is 11.3 Å². The fraction of sp³-hybridized carbons (Fsp3) is 0.235. The minimum Gasteiger partial charge on any atom is -0.497 e. The number of nitrogens with one attached hydrogen (secondary N) is 1. The Morgan fingerprint density at radius 2 is 1.96 bits per heavy atom. The van der Waals surface area contributed by atoms with Gasteiger partial charge in [0.05, 0.1) is 19.1 Å². The molecule has 0 saturated carbocycles. The molecular weight excluding hydrogens is 360 g/mol. The second-order valence-electron chi connectivity index (χ2n) is 5.63. The second-order valence-corrected chi connectivity index (χ2v) is 8.45. The van der Waals surface area contributed by atoms with Crippen molar-refractivity contribution in [2.75, 3.05) is 28.7 Å². The molecule has 1 unspecified atom stereocenters. The molecule has 6 nitrogen and oxygen atoms in total. The predicted octanol–water partition coefficient (Wildman–Crippen LogP) is 2.85. The fourth-order valence-corrected chi connectivity index (χ4v) is 4.40. The molecule has 0 spiro atoms. The summed E-state index contributed by atoms with van der Waals surface area (Å²) < 4.78 is 30.6. The third kappa shape index (κ3) is 4.08. The van der Waals surface area contributed by atoms with Crippen molar-refractivity contribution >= 4 is 39.1 Å². The van der Waals surface area contributed by atoms with Crippen molar-refractivity contribution in [3.8, 4) is 5.75 Å². The average molecular weight is 378 g/mol. The van der Waals surface area contributed by atoms with E-state index in [1.807, 2.05) is 30.3 Å². The van der Waals surface area contributed by atoms with Crippen LogP contribution in [0.15, 0.2) is 48.5 Å². The normalized spacial score (nSPS) is 17.6. The summed E-state index contributed by atoms with van der Waals surface area (Å²) in [5.41, 5.74) is 2.08. The molecular formula is C17H18N2O4S2. The highest BCUT2D eigenvalue weighted by molar-refractivity contribution is 8.00. The minimum atomic E-state index is -3.36. The van der Waals surface area contributed by atoms with Gasteiger partial charge < -0.3 is 4.74 Å². The van der Waals surface area contributed by atoms with Crippen LogP contribution >= 0.6 is 11.8 Å². The number of anilines is 2. The molecule has 1 amide bonds. The largest absolute Gasteiger partial charge is 0.497 e. The number of sulfonamides is 1. The van der Waals surface area contributed by atoms with Crippen LogP contribution in [0.25, 0.3) is 0 Å². The van der Waals surface area contributed by atoms with Crippen molar-refractivity contribution in [2.24, 2.45) is 0 Å². The van der Waals surface area contributed by atoms with E-state index in [2.05, 4.69) is 4.72 Å². The number of benzene rings is 2. The molecule has 1 saturated heterocycles. The summed E-state index contributed by atoms with van der Waals surface area (Å²) in [6.07, 6.45) is 1.11. The lowest BCUT2D eigenvalue weighted by Crippen LogP contribution is -2.27. The summed E-state index contributed by atoms with van der Waals surface area (Å²) in [5, 5.41) is -0.221. The van der Waals surface area contributed by atoms with Crippen molar-refractivity contribution in [2.45, 2.75) is 5.37 Å². The van der Waals surface area contributed by atoms with E-state index >= 15 is 0 Å². The van der Waals surface area contributed by atoms with E-state index in [0.29, 0.717) is 17.2 Å². The number of methoxy groups -OCH3 is 1. The Bertz CT molecular complexity index is 899. The van der Waals surface area contributed by atoms with Crippen molar-refractivity contribution < 1.29 is 17.9 Å². The monoisotopic (exact) mass is 378 g/mol. The Balaban J connectivity index is 1.95. The first-order valence-electron chi connectivity index (χ1n) is 7.53. The van der Waals surface area contributed by atoms with Gasteiger partial charge in [-0.25, -0.2) is 8.42 Å². The van der Waals surface area contributed by atoms with Gasteiger partial charge in [0.25, 0.3) is 0 Å². The van der Waals surface area contributed by atoms with Gasteiger partial charge in [0.15, 0.2) is 0 Å². The lowest BCUT2D eigenvalue weighted by Gasteiger charge is -2.25. The lowest BCUT2D eigenvalue weighted by atomic mass is 10.1. The van der Waals surface area contributed by atoms with Crippen molar-refractivity contribution in [3.63, 3.8) is 0 Å². The third-order valence-corrected chi connectivity index (χ3v) is 5.49. The van der Waals surface area contributed by atoms with Crippen molar-refractivity contribution in [3.05, 3.63) is 54.1 Å². The molecule has 0 aliphatic carbocycles. The highest BCUT2D eigenvalue weighted by Gasteiger charge is 2.34. The van der Waals surface area contributed by atoms with Crippen LogP contribution in [0.4, 0.5) is 11.4 Å². The molecule has 1 fully saturated rings. The number of hydrogen-bond donors (Lipinski definition) is 1. The molecule has 132 valence electrons. The van der Waals surface area contributed by atoms with Gasteiger partial charge in [0, 0.05) is 17.4 Å². The molecule has 0 bridgehead atoms. The fourth-order valence-electron chi connectivity index (χ4n) is 2.68. The predicted molar refractivity (Wildman–Crippen MR) is 101 cm³/mol. The quantitative estimate of drug-likeness (QED) is 0.866. The molecule has 25 heavy (non-hydrogen) atoms. The van der Waals surface area contributed by atoms with E-state index in [9.17, 15) is 13.2 Å². The first-order chi connectivity index (χ1) is 11.9. The third-order valence-electron chi connectivity index (χ3n) is 3.67. The molecule has 1 atom stereocenters. The number of carbonyl (C=O) groups is 1. The number of nitrogens with zero attached hydrogens (tertiary/aromatic N) is 1. The van der Waals surface area contributed by atoms with Gasteiger partial charge in [-0.1, -0.05) is 18.2 Å². The van der Waals surface area contributed by atoms with Gasteiger partial charge >= 0.3 is 0 Å². The summed E-state index contributed by atoms with van der Waals surface area (Å²) >= 11 is 1.50. The van der Waals surface area contributed by atoms with Gasteiger partial charge in [0.2, 0.25) is 15.9 Å². The molecule has 2 aromatic carbocycles. The van der Waals surface area contributed by atoms with Crippen LogP contribution in [0.5, 0.6) is 5.75 Å². The van der Waals surface area contributed by atoms with E-state index in [1.165, 1.54) is 11.8 Å². The molecule has 2 aromatic rings. The SMILES string of the molecule is COc1cccc(N2C(=O)CSC2c2cccc(NS(C)(=O)=O)c2)c1. The first-order valence-corrected chi connectivity index (χ1v) is 10.5. The molecule has 8 heteroatoms. The van der Waals surface area contributed by atoms with Crippen LogP contribution in [-0.4, -0.2) is 33.4 Å².